The molecule has 3 aliphatic carbocycles. The summed E-state index contributed by atoms with van der Waals surface area (Å²) in [6.45, 7) is 16.6. The molecule has 2 saturated carbocycles. The van der Waals surface area contributed by atoms with Crippen molar-refractivity contribution < 1.29 is 82.4 Å². The molecule has 346 valence electrons. The number of aliphatic hydroxyl groups is 4. The summed E-state index contributed by atoms with van der Waals surface area (Å²) < 4.78 is 40.3. The van der Waals surface area contributed by atoms with E-state index in [1.807, 2.05) is 0 Å². The van der Waals surface area contributed by atoms with Crippen LogP contribution in [0.3, 0.4) is 0 Å². The number of alkyl carbamates (subject to hydrolysis) is 1. The van der Waals surface area contributed by atoms with Gasteiger partial charge in [-0.3, -0.25) is 9.59 Å². The van der Waals surface area contributed by atoms with Gasteiger partial charge >= 0.3 is 30.2 Å². The first-order valence-electron chi connectivity index (χ1n) is 20.4. The second-order valence-corrected chi connectivity index (χ2v) is 19.1. The van der Waals surface area contributed by atoms with Gasteiger partial charge in [-0.2, -0.15) is 0 Å². The maximum atomic E-state index is 15.4. The first-order valence-corrected chi connectivity index (χ1v) is 20.4. The Kier molecular flexibility index (Phi) is 14.4. The molecule has 1 aliphatic heterocycles. The number of fused-ring (bicyclic) bond motifs is 5. The Morgan fingerprint density at radius 2 is 1.55 bits per heavy atom. The van der Waals surface area contributed by atoms with E-state index in [1.165, 1.54) is 39.8 Å². The minimum atomic E-state index is -2.42. The van der Waals surface area contributed by atoms with Gasteiger partial charge in [0.1, 0.15) is 29.5 Å². The summed E-state index contributed by atoms with van der Waals surface area (Å²) in [5.41, 5.74) is -9.78. The molecule has 62 heavy (non-hydrogen) atoms. The maximum absolute atomic E-state index is 15.4. The topological polar surface area (TPSA) is 260 Å². The number of benzene rings is 1. The molecule has 0 radical (unpaired) electrons. The zero-order valence-electron chi connectivity index (χ0n) is 37.7. The van der Waals surface area contributed by atoms with Crippen molar-refractivity contribution in [1.82, 2.24) is 5.32 Å². The van der Waals surface area contributed by atoms with Crippen LogP contribution in [0.2, 0.25) is 0 Å². The second kappa shape index (κ2) is 17.9. The highest BCUT2D eigenvalue weighted by Gasteiger charge is 2.78. The normalized spacial score (nSPS) is 32.2. The summed E-state index contributed by atoms with van der Waals surface area (Å²) in [6.07, 6.45) is -12.8. The highest BCUT2D eigenvalue weighted by atomic mass is 16.8. The van der Waals surface area contributed by atoms with Crippen molar-refractivity contribution in [2.45, 2.75) is 148 Å². The number of esters is 3. The lowest BCUT2D eigenvalue weighted by molar-refractivity contribution is -0.344. The number of Topliss-reactive ketones (excluding diaryl/α,β-unsaturated/α-hetero) is 1. The number of ether oxygens (including phenoxy) is 7. The Bertz CT molecular complexity index is 1920. The Balaban J connectivity index is 0.00000416. The van der Waals surface area contributed by atoms with E-state index in [1.54, 1.807) is 59.7 Å². The van der Waals surface area contributed by atoms with Crippen molar-refractivity contribution in [2.24, 2.45) is 22.2 Å². The van der Waals surface area contributed by atoms with Crippen LogP contribution in [0.1, 0.15) is 99.4 Å². The van der Waals surface area contributed by atoms with E-state index >= 15 is 4.79 Å². The molecule has 0 aromatic heterocycles. The highest BCUT2D eigenvalue weighted by molar-refractivity contribution is 5.95. The average molecular weight is 878 g/mol. The summed E-state index contributed by atoms with van der Waals surface area (Å²) in [5, 5.41) is 46.8. The van der Waals surface area contributed by atoms with Crippen LogP contribution < -0.4 is 5.32 Å². The van der Waals surface area contributed by atoms with Crippen LogP contribution in [0.15, 0.2) is 41.5 Å². The third-order valence-corrected chi connectivity index (χ3v) is 12.7. The summed E-state index contributed by atoms with van der Waals surface area (Å²) >= 11 is 0. The number of rotatable bonds is 8. The van der Waals surface area contributed by atoms with E-state index in [4.69, 9.17) is 38.3 Å². The first kappa shape index (κ1) is 50.0. The molecule has 1 aromatic rings. The molecule has 5 rings (SSSR count). The van der Waals surface area contributed by atoms with Crippen molar-refractivity contribution in [3.8, 4) is 0 Å². The number of hydrogen-bond donors (Lipinski definition) is 5. The molecule has 1 unspecified atom stereocenters. The van der Waals surface area contributed by atoms with Crippen LogP contribution in [0.25, 0.3) is 0 Å². The zero-order chi connectivity index (χ0) is 47.1. The van der Waals surface area contributed by atoms with Crippen LogP contribution in [-0.2, 0) is 47.5 Å². The summed E-state index contributed by atoms with van der Waals surface area (Å²) in [5.74, 6) is -5.62. The summed E-state index contributed by atoms with van der Waals surface area (Å²) in [4.78, 5) is 82.7. The third-order valence-electron chi connectivity index (χ3n) is 12.7. The van der Waals surface area contributed by atoms with E-state index in [0.29, 0.717) is 0 Å². The zero-order valence-corrected chi connectivity index (χ0v) is 37.7. The lowest BCUT2D eigenvalue weighted by atomic mass is 9.44. The molecule has 0 spiro atoms. The Morgan fingerprint density at radius 3 is 2.05 bits per heavy atom. The number of carbonyl (C=O) groups is 6. The largest absolute Gasteiger partial charge is 0.508 e. The van der Waals surface area contributed by atoms with Crippen LogP contribution in [0, 0.1) is 22.2 Å². The smallest absolute Gasteiger partial charge is 0.456 e. The molecule has 5 N–H and O–H groups in total. The van der Waals surface area contributed by atoms with Gasteiger partial charge in [0.05, 0.1) is 42.8 Å². The van der Waals surface area contributed by atoms with Crippen LogP contribution in [0.5, 0.6) is 0 Å². The quantitative estimate of drug-likeness (QED) is 0.143. The Hall–Kier alpha value is -4.62. The van der Waals surface area contributed by atoms with Gasteiger partial charge in [0.25, 0.3) is 0 Å². The van der Waals surface area contributed by atoms with Gasteiger partial charge in [0, 0.05) is 32.3 Å². The van der Waals surface area contributed by atoms with Gasteiger partial charge in [-0.05, 0) is 63.3 Å². The highest BCUT2D eigenvalue weighted by Crippen LogP contribution is 2.64. The lowest BCUT2D eigenvalue weighted by Gasteiger charge is -2.67. The summed E-state index contributed by atoms with van der Waals surface area (Å²) in [6, 6.07) is 6.50. The van der Waals surface area contributed by atoms with E-state index in [9.17, 15) is 39.3 Å². The van der Waals surface area contributed by atoms with E-state index < -0.39 is 124 Å². The van der Waals surface area contributed by atoms with Crippen LogP contribution >= 0.6 is 0 Å². The number of carbonyl (C=O) groups excluding carboxylic acids is 6. The van der Waals surface area contributed by atoms with Gasteiger partial charge in [-0.1, -0.05) is 52.8 Å². The number of nitrogens with one attached hydrogen (secondary N) is 1. The van der Waals surface area contributed by atoms with Crippen molar-refractivity contribution >= 4 is 35.9 Å². The molecule has 11 atom stereocenters. The van der Waals surface area contributed by atoms with Gasteiger partial charge < -0.3 is 58.9 Å². The van der Waals surface area contributed by atoms with Gasteiger partial charge in [0.15, 0.2) is 23.6 Å². The van der Waals surface area contributed by atoms with Crippen molar-refractivity contribution in [1.29, 1.82) is 0 Å². The number of methoxy groups -OCH3 is 1. The summed E-state index contributed by atoms with van der Waals surface area (Å²) in [7, 11) is 2.07. The SMILES string of the molecule is CO.COC(=O)O[C@@]12CO[C@@H]1C[C@H](O)[C@@]1(C)C(=O)[C@H](OC(C)=O)C3=C(C)[C@H](OC(=O)[C@H](O)[C@@H](NC(=O)OC(C)(C)C)C(C)(C)C)C[C@@](O)([C@@H](OC(=O)c4ccccc4)C12)C3(C)C. The molecular formula is C44H63NO17. The molecule has 1 saturated heterocycles. The van der Waals surface area contributed by atoms with Crippen molar-refractivity contribution in [2.75, 3.05) is 20.8 Å². The molecular weight excluding hydrogens is 814 g/mol. The number of ketones is 1. The predicted octanol–water partition coefficient (Wildman–Crippen LogP) is 3.33. The van der Waals surface area contributed by atoms with Crippen LogP contribution in [0.4, 0.5) is 9.59 Å². The fourth-order valence-electron chi connectivity index (χ4n) is 9.50. The number of hydrogen-bond acceptors (Lipinski definition) is 17. The predicted molar refractivity (Wildman–Crippen MR) is 217 cm³/mol. The standard InChI is InChI=1S/C43H59NO16.CH4O/c1-21-24(57-35(50)28(47)31(38(3,4)5)44-36(51)59-39(6,7)8)19-43(53)33(58-34(49)23-16-14-13-15-17-23)30-41(11,32(48)29(56-22(2)45)27(21)40(43,9)10)25(46)18-26-42(30,20-55-26)60-37(52)54-12;1-2/h13-17,24-26,28-31,33,46-47,53H,18-20H2,1-12H3,(H,44,51);2H,1H3/t24-,25+,26-,28-,29-,30?,31-,33+,41-,42+,43-;/m1./s1. The monoisotopic (exact) mass is 877 g/mol. The van der Waals surface area contributed by atoms with Gasteiger partial charge in [0.2, 0.25) is 0 Å². The first-order chi connectivity index (χ1) is 28.6. The van der Waals surface area contributed by atoms with Crippen molar-refractivity contribution in [3.63, 3.8) is 0 Å². The molecule has 1 amide bonds. The van der Waals surface area contributed by atoms with Crippen molar-refractivity contribution in [3.05, 3.63) is 47.0 Å². The average Bonchev–Trinajstić information content (AvgIpc) is 3.17. The Labute approximate surface area is 361 Å². The van der Waals surface area contributed by atoms with E-state index in [-0.39, 0.29) is 29.7 Å². The third kappa shape index (κ3) is 8.94. The maximum Gasteiger partial charge on any atom is 0.508 e. The molecule has 18 nitrogen and oxygen atoms in total. The molecule has 1 aromatic carbocycles. The number of amides is 1. The number of aliphatic hydroxyl groups excluding tert-OH is 3. The van der Waals surface area contributed by atoms with Gasteiger partial charge in [-0.15, -0.1) is 0 Å². The van der Waals surface area contributed by atoms with E-state index in [0.717, 1.165) is 21.1 Å². The molecule has 2 bridgehead atoms. The fraction of sp³-hybridized carbons (Fsp3) is 0.682. The minimum Gasteiger partial charge on any atom is -0.456 e. The fourth-order valence-corrected chi connectivity index (χ4v) is 9.50. The molecule has 3 fully saturated rings. The van der Waals surface area contributed by atoms with E-state index in [2.05, 4.69) is 5.32 Å². The molecule has 18 heteroatoms. The lowest BCUT2D eigenvalue weighted by Crippen LogP contribution is -2.82. The molecule has 1 heterocycles. The minimum absolute atomic E-state index is 0.0226. The van der Waals surface area contributed by atoms with Gasteiger partial charge in [-0.25, -0.2) is 19.2 Å². The second-order valence-electron chi connectivity index (χ2n) is 19.1. The van der Waals surface area contributed by atoms with Crippen LogP contribution in [-0.4, -0.2) is 137 Å². The molecule has 4 aliphatic rings. The Morgan fingerprint density at radius 1 is 0.952 bits per heavy atom.